The highest BCUT2D eigenvalue weighted by molar-refractivity contribution is 5.79. The molecule has 0 radical (unpaired) electrons. The Balaban J connectivity index is 1.54. The summed E-state index contributed by atoms with van der Waals surface area (Å²) in [6, 6.07) is 0.768. The fourth-order valence-electron chi connectivity index (χ4n) is 5.24. The van der Waals surface area contributed by atoms with Crippen molar-refractivity contribution < 1.29 is 9.59 Å². The van der Waals surface area contributed by atoms with Crippen LogP contribution in [0, 0.1) is 5.92 Å². The topological polar surface area (TPSA) is 55.9 Å². The van der Waals surface area contributed by atoms with E-state index in [1.54, 1.807) is 0 Å². The molecule has 0 aromatic heterocycles. The summed E-state index contributed by atoms with van der Waals surface area (Å²) in [6.07, 6.45) is 7.08. The summed E-state index contributed by atoms with van der Waals surface area (Å²) in [5, 5.41) is 3.30. The third kappa shape index (κ3) is 5.44. The van der Waals surface area contributed by atoms with E-state index in [9.17, 15) is 9.59 Å². The fourth-order valence-corrected chi connectivity index (χ4v) is 5.24. The molecule has 154 valence electrons. The van der Waals surface area contributed by atoms with Gasteiger partial charge in [0.25, 0.3) is 0 Å². The summed E-state index contributed by atoms with van der Waals surface area (Å²) in [7, 11) is 0. The van der Waals surface area contributed by atoms with E-state index >= 15 is 0 Å². The lowest BCUT2D eigenvalue weighted by atomic mass is 9.76. The number of carbonyl (C=O) groups excluding carboxylic acids is 2. The highest BCUT2D eigenvalue weighted by Crippen LogP contribution is 2.34. The van der Waals surface area contributed by atoms with E-state index in [1.165, 1.54) is 25.9 Å². The van der Waals surface area contributed by atoms with Crippen molar-refractivity contribution >= 4 is 11.8 Å². The molecule has 1 N–H and O–H groups in total. The molecule has 3 aliphatic rings. The molecule has 2 amide bonds. The van der Waals surface area contributed by atoms with Gasteiger partial charge in [0.2, 0.25) is 0 Å². The number of rotatable bonds is 7. The first-order chi connectivity index (χ1) is 13.1. The van der Waals surface area contributed by atoms with E-state index < -0.39 is 0 Å². The molecule has 3 fully saturated rings. The number of hydrogen-bond acceptors (Lipinski definition) is 4. The van der Waals surface area contributed by atoms with Crippen molar-refractivity contribution in [1.82, 2.24) is 20.0 Å². The second-order valence-corrected chi connectivity index (χ2v) is 8.61. The van der Waals surface area contributed by atoms with Gasteiger partial charge in [0.15, 0.2) is 0 Å². The van der Waals surface area contributed by atoms with Crippen LogP contribution >= 0.6 is 0 Å². The van der Waals surface area contributed by atoms with E-state index in [-0.39, 0.29) is 12.1 Å². The molecular formula is C21H38N4O2. The Kier molecular flexibility index (Phi) is 7.53. The molecule has 2 heterocycles. The first kappa shape index (κ1) is 20.6. The molecule has 27 heavy (non-hydrogen) atoms. The minimum absolute atomic E-state index is 0.0683. The highest BCUT2D eigenvalue weighted by Gasteiger charge is 2.39. The van der Waals surface area contributed by atoms with Crippen LogP contribution in [0.2, 0.25) is 0 Å². The molecule has 0 aromatic rings. The lowest BCUT2D eigenvalue weighted by molar-refractivity contribution is -0.124. The molecule has 2 saturated heterocycles. The summed E-state index contributed by atoms with van der Waals surface area (Å²) in [5.41, 5.74) is 0. The number of carbonyl (C=O) groups is 2. The SMILES string of the molecule is CCCN1C[C@@H](NC(=O)N(CC)CCN2CCCC2)C[C@@H]2CC(=O)CC[C@H]21. The van der Waals surface area contributed by atoms with E-state index in [2.05, 4.69) is 29.0 Å². The van der Waals surface area contributed by atoms with Gasteiger partial charge in [0.05, 0.1) is 0 Å². The van der Waals surface area contributed by atoms with Gasteiger partial charge in [-0.3, -0.25) is 9.69 Å². The smallest absolute Gasteiger partial charge is 0.317 e. The summed E-state index contributed by atoms with van der Waals surface area (Å²) < 4.78 is 0. The molecule has 0 bridgehead atoms. The molecule has 1 aliphatic carbocycles. The van der Waals surface area contributed by atoms with Crippen LogP contribution in [0.3, 0.4) is 0 Å². The van der Waals surface area contributed by atoms with Crippen LogP contribution in [-0.2, 0) is 4.79 Å². The third-order valence-electron chi connectivity index (χ3n) is 6.66. The van der Waals surface area contributed by atoms with Crippen LogP contribution in [0.1, 0.15) is 58.8 Å². The maximum absolute atomic E-state index is 12.8. The molecular weight excluding hydrogens is 340 g/mol. The number of ketones is 1. The number of hydrogen-bond donors (Lipinski definition) is 1. The molecule has 0 spiro atoms. The quantitative estimate of drug-likeness (QED) is 0.739. The molecule has 6 heteroatoms. The summed E-state index contributed by atoms with van der Waals surface area (Å²) >= 11 is 0. The number of piperidine rings is 1. The summed E-state index contributed by atoms with van der Waals surface area (Å²) in [4.78, 5) is 31.7. The molecule has 3 atom stereocenters. The van der Waals surface area contributed by atoms with Crippen LogP contribution < -0.4 is 5.32 Å². The van der Waals surface area contributed by atoms with Crippen molar-refractivity contribution in [3.8, 4) is 0 Å². The normalized spacial score (nSPS) is 29.6. The van der Waals surface area contributed by atoms with Crippen LogP contribution in [0.15, 0.2) is 0 Å². The average molecular weight is 379 g/mol. The lowest BCUT2D eigenvalue weighted by Gasteiger charge is -2.47. The zero-order valence-corrected chi connectivity index (χ0v) is 17.3. The largest absolute Gasteiger partial charge is 0.334 e. The molecule has 0 aromatic carbocycles. The van der Waals surface area contributed by atoms with Gasteiger partial charge in [-0.05, 0) is 64.6 Å². The van der Waals surface area contributed by atoms with Crippen molar-refractivity contribution in [3.05, 3.63) is 0 Å². The Morgan fingerprint density at radius 3 is 2.70 bits per heavy atom. The Morgan fingerprint density at radius 2 is 2.00 bits per heavy atom. The maximum atomic E-state index is 12.8. The number of likely N-dealkylation sites (tertiary alicyclic amines) is 2. The van der Waals surface area contributed by atoms with E-state index in [1.807, 2.05) is 4.90 Å². The average Bonchev–Trinajstić information content (AvgIpc) is 3.15. The predicted octanol–water partition coefficient (Wildman–Crippen LogP) is 2.34. The number of Topliss-reactive ketones (excluding diaryl/α,β-unsaturated/α-hetero) is 1. The zero-order valence-electron chi connectivity index (χ0n) is 17.3. The minimum Gasteiger partial charge on any atom is -0.334 e. The van der Waals surface area contributed by atoms with Gasteiger partial charge in [0, 0.05) is 51.1 Å². The minimum atomic E-state index is 0.0683. The number of likely N-dealkylation sites (N-methyl/N-ethyl adjacent to an activating group) is 1. The van der Waals surface area contributed by atoms with Crippen molar-refractivity contribution in [3.63, 3.8) is 0 Å². The first-order valence-electron chi connectivity index (χ1n) is 11.1. The number of urea groups is 1. The molecule has 2 aliphatic heterocycles. The first-order valence-corrected chi connectivity index (χ1v) is 11.1. The van der Waals surface area contributed by atoms with Gasteiger partial charge in [-0.2, -0.15) is 0 Å². The predicted molar refractivity (Wildman–Crippen MR) is 108 cm³/mol. The Labute approximate surface area is 164 Å². The summed E-state index contributed by atoms with van der Waals surface area (Å²) in [5.74, 6) is 0.817. The van der Waals surface area contributed by atoms with Gasteiger partial charge in [-0.15, -0.1) is 0 Å². The highest BCUT2D eigenvalue weighted by atomic mass is 16.2. The summed E-state index contributed by atoms with van der Waals surface area (Å²) in [6.45, 7) is 11.1. The van der Waals surface area contributed by atoms with Gasteiger partial charge in [-0.1, -0.05) is 6.92 Å². The maximum Gasteiger partial charge on any atom is 0.317 e. The number of fused-ring (bicyclic) bond motifs is 1. The van der Waals surface area contributed by atoms with Crippen molar-refractivity contribution in [2.75, 3.05) is 45.8 Å². The van der Waals surface area contributed by atoms with E-state index in [4.69, 9.17) is 0 Å². The van der Waals surface area contributed by atoms with Gasteiger partial charge in [0.1, 0.15) is 5.78 Å². The lowest BCUT2D eigenvalue weighted by Crippen LogP contribution is -2.59. The van der Waals surface area contributed by atoms with Crippen LogP contribution in [-0.4, -0.2) is 84.4 Å². The number of nitrogens with zero attached hydrogens (tertiary/aromatic N) is 3. The Bertz CT molecular complexity index is 506. The Hall–Kier alpha value is -1.14. The third-order valence-corrected chi connectivity index (χ3v) is 6.66. The molecule has 6 nitrogen and oxygen atoms in total. The molecule has 1 saturated carbocycles. The van der Waals surface area contributed by atoms with Crippen LogP contribution in [0.4, 0.5) is 4.79 Å². The second-order valence-electron chi connectivity index (χ2n) is 8.61. The van der Waals surface area contributed by atoms with Crippen molar-refractivity contribution in [2.24, 2.45) is 5.92 Å². The molecule has 0 unspecified atom stereocenters. The zero-order chi connectivity index (χ0) is 19.2. The van der Waals surface area contributed by atoms with E-state index in [0.29, 0.717) is 24.2 Å². The van der Waals surface area contributed by atoms with Gasteiger partial charge < -0.3 is 15.1 Å². The van der Waals surface area contributed by atoms with Crippen molar-refractivity contribution in [2.45, 2.75) is 70.9 Å². The molecule has 3 rings (SSSR count). The Morgan fingerprint density at radius 1 is 1.22 bits per heavy atom. The standard InChI is InChI=1S/C21H38N4O2/c1-3-9-25-16-18(14-17-15-19(26)7-8-20(17)25)22-21(27)24(4-2)13-12-23-10-5-6-11-23/h17-18,20H,3-16H2,1-2H3,(H,22,27)/t17-,18+,20-/m1/s1. The van der Waals surface area contributed by atoms with Gasteiger partial charge in [-0.25, -0.2) is 4.79 Å². The van der Waals surface area contributed by atoms with Crippen LogP contribution in [0.25, 0.3) is 0 Å². The fraction of sp³-hybridized carbons (Fsp3) is 0.905. The van der Waals surface area contributed by atoms with E-state index in [0.717, 1.165) is 58.4 Å². The number of amides is 2. The second kappa shape index (κ2) is 9.87. The number of nitrogens with one attached hydrogen (secondary N) is 1. The van der Waals surface area contributed by atoms with Gasteiger partial charge >= 0.3 is 6.03 Å². The van der Waals surface area contributed by atoms with Crippen molar-refractivity contribution in [1.29, 1.82) is 0 Å². The van der Waals surface area contributed by atoms with Crippen LogP contribution in [0.5, 0.6) is 0 Å². The monoisotopic (exact) mass is 378 g/mol.